The monoisotopic (exact) mass is 378 g/mol. The number of hydrazone groups is 1. The fourth-order valence-electron chi connectivity index (χ4n) is 4.78. The predicted octanol–water partition coefficient (Wildman–Crippen LogP) is 4.52. The Labute approximate surface area is 165 Å². The van der Waals surface area contributed by atoms with Crippen molar-refractivity contribution in [2.45, 2.75) is 50.5 Å². The number of benzene rings is 2. The molecule has 1 fully saturated rings. The summed E-state index contributed by atoms with van der Waals surface area (Å²) in [5.41, 5.74) is 2.67. The smallest absolute Gasteiger partial charge is 0.203 e. The van der Waals surface area contributed by atoms with E-state index in [2.05, 4.69) is 49.2 Å². The quantitative estimate of drug-likeness (QED) is 0.770. The Hall–Kier alpha value is -2.53. The lowest BCUT2D eigenvalue weighted by molar-refractivity contribution is -0.212. The van der Waals surface area contributed by atoms with Crippen LogP contribution >= 0.6 is 0 Å². The topological polar surface area (TPSA) is 43.3 Å². The van der Waals surface area contributed by atoms with Crippen molar-refractivity contribution in [1.29, 1.82) is 0 Å². The minimum Gasteiger partial charge on any atom is -0.497 e. The molecule has 3 heterocycles. The summed E-state index contributed by atoms with van der Waals surface area (Å²) in [6.07, 6.45) is 2.44. The fraction of sp³-hybridized carbons (Fsp3) is 0.435. The van der Waals surface area contributed by atoms with Crippen molar-refractivity contribution in [2.75, 3.05) is 13.7 Å². The summed E-state index contributed by atoms with van der Waals surface area (Å²) in [4.78, 5) is 0. The van der Waals surface area contributed by atoms with Gasteiger partial charge in [0.1, 0.15) is 11.5 Å². The van der Waals surface area contributed by atoms with Gasteiger partial charge in [0.05, 0.1) is 31.1 Å². The molecular formula is C23H26N2O3. The van der Waals surface area contributed by atoms with E-state index < -0.39 is 5.72 Å². The summed E-state index contributed by atoms with van der Waals surface area (Å²) in [5, 5.41) is 7.33. The second-order valence-corrected chi connectivity index (χ2v) is 8.46. The van der Waals surface area contributed by atoms with Crippen LogP contribution in [0.5, 0.6) is 11.5 Å². The zero-order valence-corrected chi connectivity index (χ0v) is 16.6. The van der Waals surface area contributed by atoms with Crippen molar-refractivity contribution in [1.82, 2.24) is 5.01 Å². The van der Waals surface area contributed by atoms with Crippen molar-refractivity contribution in [3.63, 3.8) is 0 Å². The van der Waals surface area contributed by atoms with Gasteiger partial charge in [0, 0.05) is 30.4 Å². The van der Waals surface area contributed by atoms with E-state index in [1.807, 2.05) is 18.2 Å². The summed E-state index contributed by atoms with van der Waals surface area (Å²) in [5.74, 6) is 1.83. The van der Waals surface area contributed by atoms with Gasteiger partial charge in [-0.1, -0.05) is 30.3 Å². The Bertz CT molecular complexity index is 939. The minimum atomic E-state index is -0.471. The molecule has 0 radical (unpaired) electrons. The van der Waals surface area contributed by atoms with E-state index in [0.717, 1.165) is 42.0 Å². The highest BCUT2D eigenvalue weighted by molar-refractivity contribution is 6.02. The average molecular weight is 378 g/mol. The number of para-hydroxylation sites is 1. The van der Waals surface area contributed by atoms with Gasteiger partial charge < -0.3 is 14.2 Å². The van der Waals surface area contributed by atoms with Crippen molar-refractivity contribution >= 4 is 5.71 Å². The number of rotatable bonds is 2. The third-order valence-corrected chi connectivity index (χ3v) is 6.00. The van der Waals surface area contributed by atoms with E-state index >= 15 is 0 Å². The first kappa shape index (κ1) is 17.6. The van der Waals surface area contributed by atoms with Gasteiger partial charge >= 0.3 is 0 Å². The maximum Gasteiger partial charge on any atom is 0.203 e. The Morgan fingerprint density at radius 3 is 2.82 bits per heavy atom. The molecule has 2 aromatic carbocycles. The number of methoxy groups -OCH3 is 1. The van der Waals surface area contributed by atoms with Crippen LogP contribution in [0.15, 0.2) is 53.6 Å². The van der Waals surface area contributed by atoms with E-state index in [4.69, 9.17) is 19.3 Å². The van der Waals surface area contributed by atoms with Crippen molar-refractivity contribution in [2.24, 2.45) is 5.10 Å². The van der Waals surface area contributed by atoms with Gasteiger partial charge in [-0.3, -0.25) is 0 Å². The van der Waals surface area contributed by atoms with E-state index in [9.17, 15) is 0 Å². The molecule has 0 aromatic heterocycles. The van der Waals surface area contributed by atoms with Crippen molar-refractivity contribution < 1.29 is 14.2 Å². The zero-order valence-electron chi connectivity index (χ0n) is 16.6. The molecule has 3 aliphatic rings. The number of fused-ring (bicyclic) bond motifs is 4. The van der Waals surface area contributed by atoms with E-state index in [1.165, 1.54) is 5.56 Å². The van der Waals surface area contributed by atoms with Gasteiger partial charge in [-0.05, 0) is 32.0 Å². The SMILES string of the molecule is COc1cccc(C2=NN3[C@@H](C2)c2ccccc2O[C@]32CCOC(C)(C)C2)c1. The zero-order chi connectivity index (χ0) is 19.4. The molecule has 2 aromatic rings. The molecule has 1 spiro atoms. The molecule has 146 valence electrons. The molecule has 5 rings (SSSR count). The normalized spacial score (nSPS) is 27.6. The first-order chi connectivity index (χ1) is 13.5. The Balaban J connectivity index is 1.60. The predicted molar refractivity (Wildman–Crippen MR) is 108 cm³/mol. The van der Waals surface area contributed by atoms with Crippen LogP contribution in [0.2, 0.25) is 0 Å². The van der Waals surface area contributed by atoms with Gasteiger partial charge in [0.2, 0.25) is 5.72 Å². The standard InChI is InChI=1S/C23H26N2O3/c1-22(2)15-23(11-12-27-22)25-20(18-9-4-5-10-21(18)28-23)14-19(24-25)16-7-6-8-17(13-16)26-3/h4-10,13,20H,11-12,14-15H2,1-3H3/t20-,23-/m0/s1. The van der Waals surface area contributed by atoms with Crippen LogP contribution in [0.3, 0.4) is 0 Å². The molecule has 0 saturated carbocycles. The third kappa shape index (κ3) is 2.76. The van der Waals surface area contributed by atoms with Crippen molar-refractivity contribution in [3.05, 3.63) is 59.7 Å². The Kier molecular flexibility index (Phi) is 3.91. The Morgan fingerprint density at radius 1 is 1.14 bits per heavy atom. The summed E-state index contributed by atoms with van der Waals surface area (Å²) in [6, 6.07) is 16.7. The second-order valence-electron chi connectivity index (χ2n) is 8.46. The largest absolute Gasteiger partial charge is 0.497 e. The van der Waals surface area contributed by atoms with Crippen LogP contribution in [0.1, 0.15) is 50.3 Å². The molecule has 0 unspecified atom stereocenters. The molecule has 0 bridgehead atoms. The first-order valence-electron chi connectivity index (χ1n) is 9.93. The number of hydrogen-bond acceptors (Lipinski definition) is 5. The number of hydrogen-bond donors (Lipinski definition) is 0. The highest BCUT2D eigenvalue weighted by Gasteiger charge is 2.54. The van der Waals surface area contributed by atoms with Crippen molar-refractivity contribution in [3.8, 4) is 11.5 Å². The van der Waals surface area contributed by atoms with Crippen LogP contribution < -0.4 is 9.47 Å². The summed E-state index contributed by atoms with van der Waals surface area (Å²) < 4.78 is 18.1. The number of ether oxygens (including phenoxy) is 3. The van der Waals surface area contributed by atoms with Crippen LogP contribution in [-0.2, 0) is 4.74 Å². The molecule has 3 aliphatic heterocycles. The molecular weight excluding hydrogens is 352 g/mol. The molecule has 5 heteroatoms. The molecule has 5 nitrogen and oxygen atoms in total. The average Bonchev–Trinajstić information content (AvgIpc) is 3.14. The molecule has 28 heavy (non-hydrogen) atoms. The molecule has 0 amide bonds. The molecule has 0 N–H and O–H groups in total. The Morgan fingerprint density at radius 2 is 2.00 bits per heavy atom. The molecule has 1 saturated heterocycles. The fourth-order valence-corrected chi connectivity index (χ4v) is 4.78. The van der Waals surface area contributed by atoms with E-state index in [1.54, 1.807) is 7.11 Å². The second kappa shape index (κ2) is 6.24. The van der Waals surface area contributed by atoms with Gasteiger partial charge in [0.15, 0.2) is 0 Å². The third-order valence-electron chi connectivity index (χ3n) is 6.00. The highest BCUT2D eigenvalue weighted by Crippen LogP contribution is 2.51. The maximum absolute atomic E-state index is 6.65. The summed E-state index contributed by atoms with van der Waals surface area (Å²) >= 11 is 0. The highest BCUT2D eigenvalue weighted by atomic mass is 16.5. The van der Waals surface area contributed by atoms with Crippen LogP contribution in [0.4, 0.5) is 0 Å². The lowest BCUT2D eigenvalue weighted by Crippen LogP contribution is -2.60. The van der Waals surface area contributed by atoms with Gasteiger partial charge in [-0.15, -0.1) is 0 Å². The van der Waals surface area contributed by atoms with Gasteiger partial charge in [-0.2, -0.15) is 5.10 Å². The van der Waals surface area contributed by atoms with Gasteiger partial charge in [-0.25, -0.2) is 5.01 Å². The van der Waals surface area contributed by atoms with Crippen LogP contribution in [0, 0.1) is 0 Å². The van der Waals surface area contributed by atoms with Gasteiger partial charge in [0.25, 0.3) is 0 Å². The maximum atomic E-state index is 6.65. The van der Waals surface area contributed by atoms with Crippen LogP contribution in [-0.4, -0.2) is 35.8 Å². The van der Waals surface area contributed by atoms with E-state index in [-0.39, 0.29) is 11.6 Å². The van der Waals surface area contributed by atoms with Crippen LogP contribution in [0.25, 0.3) is 0 Å². The lowest BCUT2D eigenvalue weighted by Gasteiger charge is -2.52. The summed E-state index contributed by atoms with van der Waals surface area (Å²) in [7, 11) is 1.70. The minimum absolute atomic E-state index is 0.181. The molecule has 2 atom stereocenters. The first-order valence-corrected chi connectivity index (χ1v) is 9.93. The lowest BCUT2D eigenvalue weighted by atomic mass is 9.86. The number of nitrogens with zero attached hydrogens (tertiary/aromatic N) is 2. The molecule has 0 aliphatic carbocycles. The van der Waals surface area contributed by atoms with E-state index in [0.29, 0.717) is 6.61 Å². The summed E-state index contributed by atoms with van der Waals surface area (Å²) in [6.45, 7) is 4.94.